The minimum atomic E-state index is -0.00232. The van der Waals surface area contributed by atoms with Gasteiger partial charge in [-0.25, -0.2) is 19.9 Å². The van der Waals surface area contributed by atoms with Gasteiger partial charge in [-0.1, -0.05) is 0 Å². The molecule has 1 aliphatic rings. The van der Waals surface area contributed by atoms with Gasteiger partial charge in [0.2, 0.25) is 0 Å². The van der Waals surface area contributed by atoms with E-state index in [-0.39, 0.29) is 6.04 Å². The smallest absolute Gasteiger partial charge is 0.180 e. The van der Waals surface area contributed by atoms with Crippen molar-refractivity contribution in [1.29, 1.82) is 5.41 Å². The van der Waals surface area contributed by atoms with Crippen LogP contribution in [-0.2, 0) is 0 Å². The van der Waals surface area contributed by atoms with Gasteiger partial charge in [0.05, 0.1) is 18.4 Å². The van der Waals surface area contributed by atoms with Crippen LogP contribution in [0, 0.1) is 5.41 Å². The van der Waals surface area contributed by atoms with E-state index in [1.54, 1.807) is 18.6 Å². The Hall–Kier alpha value is -2.85. The molecule has 1 unspecified atom stereocenters. The van der Waals surface area contributed by atoms with Crippen LogP contribution in [0.3, 0.4) is 0 Å². The lowest BCUT2D eigenvalue weighted by atomic mass is 10.1. The van der Waals surface area contributed by atoms with E-state index in [1.807, 2.05) is 16.7 Å². The monoisotopic (exact) mass is 427 g/mol. The Morgan fingerprint density at radius 2 is 2.22 bits per heavy atom. The fourth-order valence-electron chi connectivity index (χ4n) is 3.13. The second-order valence-corrected chi connectivity index (χ2v) is 6.90. The lowest BCUT2D eigenvalue weighted by molar-refractivity contribution is 0.507. The molecule has 4 heterocycles. The van der Waals surface area contributed by atoms with E-state index in [9.17, 15) is 0 Å². The summed E-state index contributed by atoms with van der Waals surface area (Å²) in [6.07, 6.45) is 9.79. The number of nitrogens with one attached hydrogen (secondary N) is 2. The van der Waals surface area contributed by atoms with E-state index in [4.69, 9.17) is 16.1 Å². The first-order valence-electron chi connectivity index (χ1n) is 8.42. The van der Waals surface area contributed by atoms with Crippen LogP contribution in [0.2, 0.25) is 0 Å². The van der Waals surface area contributed by atoms with Crippen LogP contribution < -0.4 is 16.0 Å². The molecule has 4 N–H and O–H groups in total. The van der Waals surface area contributed by atoms with Gasteiger partial charge >= 0.3 is 0 Å². The summed E-state index contributed by atoms with van der Waals surface area (Å²) in [6.45, 7) is 2.27. The molecule has 4 rings (SSSR count). The Bertz CT molecular complexity index is 1010. The van der Waals surface area contributed by atoms with Gasteiger partial charge in [-0.15, -0.1) is 0 Å². The molecule has 0 aromatic carbocycles. The Morgan fingerprint density at radius 1 is 1.33 bits per heavy atom. The van der Waals surface area contributed by atoms with Gasteiger partial charge in [0.1, 0.15) is 16.1 Å². The van der Waals surface area contributed by atoms with Crippen molar-refractivity contribution in [2.24, 2.45) is 5.73 Å². The Balaban J connectivity index is 1.66. The number of nitrogens with two attached hydrogens (primary N) is 1. The van der Waals surface area contributed by atoms with Crippen LogP contribution in [0.15, 0.2) is 47.2 Å². The molecule has 1 saturated heterocycles. The lowest BCUT2D eigenvalue weighted by Crippen LogP contribution is -2.52. The number of nitrogens with zero attached hydrogens (tertiary/aromatic N) is 6. The molecular formula is C17H18BrN9. The molecule has 1 atom stereocenters. The van der Waals surface area contributed by atoms with Crippen molar-refractivity contribution in [2.75, 3.05) is 24.5 Å². The summed E-state index contributed by atoms with van der Waals surface area (Å²) in [5.41, 5.74) is 7.92. The highest BCUT2D eigenvalue weighted by Gasteiger charge is 2.23. The molecule has 1 aliphatic heterocycles. The zero-order valence-electron chi connectivity index (χ0n) is 14.4. The van der Waals surface area contributed by atoms with E-state index in [0.717, 1.165) is 35.8 Å². The second kappa shape index (κ2) is 7.41. The largest absolute Gasteiger partial charge is 0.404 e. The number of fused-ring (bicyclic) bond motifs is 1. The third-order valence-electron chi connectivity index (χ3n) is 4.50. The predicted molar refractivity (Wildman–Crippen MR) is 107 cm³/mol. The van der Waals surface area contributed by atoms with Crippen molar-refractivity contribution in [3.05, 3.63) is 47.2 Å². The van der Waals surface area contributed by atoms with Gasteiger partial charge in [0.15, 0.2) is 11.5 Å². The Kier molecular flexibility index (Phi) is 4.82. The van der Waals surface area contributed by atoms with Gasteiger partial charge in [-0.05, 0) is 22.0 Å². The first kappa shape index (κ1) is 17.6. The first-order valence-corrected chi connectivity index (χ1v) is 9.21. The molecule has 0 radical (unpaired) electrons. The molecule has 0 saturated carbocycles. The maximum absolute atomic E-state index is 7.51. The van der Waals surface area contributed by atoms with Crippen LogP contribution in [0.5, 0.6) is 0 Å². The molecule has 3 aromatic heterocycles. The molecule has 27 heavy (non-hydrogen) atoms. The minimum absolute atomic E-state index is 0.00232. The zero-order chi connectivity index (χ0) is 18.8. The number of imidazole rings is 1. The highest BCUT2D eigenvalue weighted by atomic mass is 79.9. The second-order valence-electron chi connectivity index (χ2n) is 6.08. The van der Waals surface area contributed by atoms with Crippen molar-refractivity contribution in [2.45, 2.75) is 6.04 Å². The number of aromatic nitrogens is 5. The summed E-state index contributed by atoms with van der Waals surface area (Å²) in [4.78, 5) is 19.9. The SMILES string of the molecule is N=CC(=CN)C1CN(c2ccnc(-c3cnc4cnc(Br)cn34)n2)CCN1. The van der Waals surface area contributed by atoms with Crippen LogP contribution in [-0.4, -0.2) is 56.2 Å². The molecule has 0 spiro atoms. The molecule has 0 amide bonds. The van der Waals surface area contributed by atoms with E-state index in [0.29, 0.717) is 17.0 Å². The summed E-state index contributed by atoms with van der Waals surface area (Å²) in [5, 5.41) is 10.9. The minimum Gasteiger partial charge on any atom is -0.404 e. The number of hydrogen-bond acceptors (Lipinski definition) is 8. The maximum atomic E-state index is 7.51. The van der Waals surface area contributed by atoms with Crippen molar-refractivity contribution in [3.63, 3.8) is 0 Å². The third-order valence-corrected chi connectivity index (χ3v) is 4.90. The predicted octanol–water partition coefficient (Wildman–Crippen LogP) is 1.22. The highest BCUT2D eigenvalue weighted by molar-refractivity contribution is 9.10. The fourth-order valence-corrected chi connectivity index (χ4v) is 3.43. The van der Waals surface area contributed by atoms with Crippen LogP contribution in [0.4, 0.5) is 5.82 Å². The van der Waals surface area contributed by atoms with E-state index >= 15 is 0 Å². The van der Waals surface area contributed by atoms with Gasteiger partial charge in [0, 0.05) is 50.0 Å². The molecule has 3 aromatic rings. The Labute approximate surface area is 164 Å². The van der Waals surface area contributed by atoms with Crippen molar-refractivity contribution < 1.29 is 0 Å². The molecule has 10 heteroatoms. The third kappa shape index (κ3) is 3.40. The number of piperazine rings is 1. The van der Waals surface area contributed by atoms with Crippen LogP contribution >= 0.6 is 15.9 Å². The fraction of sp³-hybridized carbons (Fsp3) is 0.235. The maximum Gasteiger partial charge on any atom is 0.180 e. The molecule has 0 aliphatic carbocycles. The van der Waals surface area contributed by atoms with Gasteiger partial charge in [-0.3, -0.25) is 4.40 Å². The molecule has 9 nitrogen and oxygen atoms in total. The number of hydrogen-bond donors (Lipinski definition) is 3. The average molecular weight is 428 g/mol. The summed E-state index contributed by atoms with van der Waals surface area (Å²) < 4.78 is 2.62. The van der Waals surface area contributed by atoms with Gasteiger partial charge < -0.3 is 21.4 Å². The van der Waals surface area contributed by atoms with Crippen LogP contribution in [0.1, 0.15) is 0 Å². The number of rotatable bonds is 4. The molecule has 0 bridgehead atoms. The highest BCUT2D eigenvalue weighted by Crippen LogP contribution is 2.22. The van der Waals surface area contributed by atoms with Gasteiger partial charge in [-0.2, -0.15) is 0 Å². The first-order chi connectivity index (χ1) is 13.2. The average Bonchev–Trinajstić information content (AvgIpc) is 3.12. The standard InChI is InChI=1S/C17H18BrN9/c18-14-10-27-13(7-24-16(27)8-23-14)17-22-2-1-15(25-17)26-4-3-21-12(9-26)11(5-19)6-20/h1-2,5-8,10,12,19,21H,3-4,9,20H2. The Morgan fingerprint density at radius 3 is 3.04 bits per heavy atom. The summed E-state index contributed by atoms with van der Waals surface area (Å²) in [6, 6.07) is 1.89. The molecular weight excluding hydrogens is 410 g/mol. The number of halogens is 1. The molecule has 138 valence electrons. The van der Waals surface area contributed by atoms with E-state index in [1.165, 1.54) is 12.4 Å². The van der Waals surface area contributed by atoms with Crippen molar-refractivity contribution in [3.8, 4) is 11.5 Å². The lowest BCUT2D eigenvalue weighted by Gasteiger charge is -2.34. The van der Waals surface area contributed by atoms with Crippen molar-refractivity contribution >= 4 is 33.6 Å². The summed E-state index contributed by atoms with van der Waals surface area (Å²) in [7, 11) is 0. The number of anilines is 1. The van der Waals surface area contributed by atoms with E-state index in [2.05, 4.69) is 41.1 Å². The zero-order valence-corrected chi connectivity index (χ0v) is 16.0. The summed E-state index contributed by atoms with van der Waals surface area (Å²) in [5.74, 6) is 1.42. The quantitative estimate of drug-likeness (QED) is 0.535. The van der Waals surface area contributed by atoms with E-state index < -0.39 is 0 Å². The summed E-state index contributed by atoms with van der Waals surface area (Å²) >= 11 is 3.39. The van der Waals surface area contributed by atoms with Crippen molar-refractivity contribution in [1.82, 2.24) is 29.7 Å². The topological polar surface area (TPSA) is 121 Å². The normalized spacial score (nSPS) is 18.0. The van der Waals surface area contributed by atoms with Crippen LogP contribution in [0.25, 0.3) is 17.2 Å². The van der Waals surface area contributed by atoms with Gasteiger partial charge in [0.25, 0.3) is 0 Å². The molecule has 1 fully saturated rings.